The number of fused-ring (bicyclic) bond motifs is 1. The Kier molecular flexibility index (Phi) is 4.91. The van der Waals surface area contributed by atoms with E-state index in [-0.39, 0.29) is 10.9 Å². The van der Waals surface area contributed by atoms with Crippen LogP contribution in [0.25, 0.3) is 11.7 Å². The number of carbonyl (C=O) groups excluding carboxylic acids is 2. The van der Waals surface area contributed by atoms with Crippen LogP contribution in [-0.2, 0) is 4.79 Å². The molecule has 0 radical (unpaired) electrons. The summed E-state index contributed by atoms with van der Waals surface area (Å²) in [5, 5.41) is 13.1. The van der Waals surface area contributed by atoms with Gasteiger partial charge in [-0.2, -0.15) is 9.61 Å². The van der Waals surface area contributed by atoms with Gasteiger partial charge in [-0.05, 0) is 56.2 Å². The number of amides is 3. The maximum absolute atomic E-state index is 12.0. The van der Waals surface area contributed by atoms with Crippen molar-refractivity contribution in [3.8, 4) is 0 Å². The van der Waals surface area contributed by atoms with E-state index in [4.69, 9.17) is 4.98 Å². The van der Waals surface area contributed by atoms with Gasteiger partial charge in [0.25, 0.3) is 5.91 Å². The van der Waals surface area contributed by atoms with Crippen LogP contribution in [0, 0.1) is 0 Å². The second-order valence-corrected chi connectivity index (χ2v) is 10.1. The fraction of sp³-hybridized carbons (Fsp3) is 0.455. The van der Waals surface area contributed by atoms with Crippen LogP contribution < -0.4 is 16.0 Å². The zero-order valence-electron chi connectivity index (χ0n) is 17.6. The maximum Gasteiger partial charge on any atom is 0.326 e. The fourth-order valence-corrected chi connectivity index (χ4v) is 5.65. The Labute approximate surface area is 189 Å². The summed E-state index contributed by atoms with van der Waals surface area (Å²) in [5.74, 6) is 0.481. The molecule has 2 aromatic heterocycles. The molecule has 6 rings (SSSR count). The molecule has 0 aromatic carbocycles. The van der Waals surface area contributed by atoms with E-state index in [2.05, 4.69) is 38.1 Å². The highest BCUT2D eigenvalue weighted by Gasteiger charge is 2.28. The first-order chi connectivity index (χ1) is 15.6. The highest BCUT2D eigenvalue weighted by Crippen LogP contribution is 2.44. The molecule has 2 saturated heterocycles. The van der Waals surface area contributed by atoms with Crippen LogP contribution in [0.3, 0.4) is 0 Å². The number of allylic oxidation sites excluding steroid dienone is 1. The molecule has 1 aliphatic carbocycles. The lowest BCUT2D eigenvalue weighted by Gasteiger charge is -2.17. The number of carbonyl (C=O) groups is 2. The van der Waals surface area contributed by atoms with Crippen molar-refractivity contribution in [1.29, 1.82) is 0 Å². The molecule has 32 heavy (non-hydrogen) atoms. The van der Waals surface area contributed by atoms with Crippen LogP contribution in [0.15, 0.2) is 28.9 Å². The van der Waals surface area contributed by atoms with Crippen LogP contribution >= 0.6 is 11.8 Å². The third-order valence-corrected chi connectivity index (χ3v) is 7.55. The van der Waals surface area contributed by atoms with Crippen LogP contribution in [0.5, 0.6) is 0 Å². The van der Waals surface area contributed by atoms with Crippen molar-refractivity contribution in [3.05, 3.63) is 40.2 Å². The summed E-state index contributed by atoms with van der Waals surface area (Å²) in [5.41, 5.74) is 2.60. The van der Waals surface area contributed by atoms with Crippen molar-refractivity contribution >= 4 is 41.2 Å². The average Bonchev–Trinajstić information content (AvgIpc) is 3.17. The molecule has 5 heterocycles. The number of urea groups is 1. The molecule has 1 saturated carbocycles. The quantitative estimate of drug-likeness (QED) is 0.458. The number of nitrogens with zero attached hydrogens (tertiary/aromatic N) is 4. The number of hydrogen-bond donors (Lipinski definition) is 3. The van der Waals surface area contributed by atoms with Crippen molar-refractivity contribution in [1.82, 2.24) is 30.1 Å². The summed E-state index contributed by atoms with van der Waals surface area (Å²) in [6, 6.07) is 2.07. The number of likely N-dealkylation sites (tertiary alicyclic amines) is 1. The first-order valence-electron chi connectivity index (χ1n) is 11.2. The molecule has 3 N–H and O–H groups in total. The SMILES string of the molecule is O=C1NC(=O)/C(=C/c2cnn3c(NC4CC4)cc(C4CC=C(CN5CCCC5)S4)nc23)N1. The molecule has 0 spiro atoms. The van der Waals surface area contributed by atoms with Gasteiger partial charge in [-0.3, -0.25) is 15.0 Å². The van der Waals surface area contributed by atoms with Crippen molar-refractivity contribution in [2.24, 2.45) is 0 Å². The number of nitrogens with one attached hydrogen (secondary N) is 3. The Bertz CT molecular complexity index is 1160. The van der Waals surface area contributed by atoms with Gasteiger partial charge >= 0.3 is 6.03 Å². The molecule has 3 amide bonds. The minimum atomic E-state index is -0.513. The van der Waals surface area contributed by atoms with E-state index in [1.54, 1.807) is 16.8 Å². The van der Waals surface area contributed by atoms with Gasteiger partial charge in [0.15, 0.2) is 5.65 Å². The van der Waals surface area contributed by atoms with Gasteiger partial charge in [-0.15, -0.1) is 11.8 Å². The van der Waals surface area contributed by atoms with Gasteiger partial charge in [-0.1, -0.05) is 6.08 Å². The Morgan fingerprint density at radius 1 is 1.22 bits per heavy atom. The van der Waals surface area contributed by atoms with E-state index in [9.17, 15) is 9.59 Å². The third-order valence-electron chi connectivity index (χ3n) is 6.23. The summed E-state index contributed by atoms with van der Waals surface area (Å²) in [6.45, 7) is 3.43. The molecule has 9 nitrogen and oxygen atoms in total. The number of imide groups is 1. The van der Waals surface area contributed by atoms with Gasteiger partial charge in [0, 0.05) is 24.2 Å². The van der Waals surface area contributed by atoms with Crippen LogP contribution in [0.2, 0.25) is 0 Å². The summed E-state index contributed by atoms with van der Waals surface area (Å²) in [4.78, 5) is 32.4. The topological polar surface area (TPSA) is 104 Å². The Hall–Kier alpha value is -2.85. The van der Waals surface area contributed by atoms with Crippen LogP contribution in [0.1, 0.15) is 48.6 Å². The van der Waals surface area contributed by atoms with E-state index < -0.39 is 11.9 Å². The Morgan fingerprint density at radius 3 is 2.81 bits per heavy atom. The first-order valence-corrected chi connectivity index (χ1v) is 12.1. The molecule has 2 aromatic rings. The Morgan fingerprint density at radius 2 is 2.06 bits per heavy atom. The highest BCUT2D eigenvalue weighted by atomic mass is 32.2. The van der Waals surface area contributed by atoms with Crippen molar-refractivity contribution in [2.75, 3.05) is 25.0 Å². The van der Waals surface area contributed by atoms with Crippen molar-refractivity contribution in [2.45, 2.75) is 43.4 Å². The summed E-state index contributed by atoms with van der Waals surface area (Å²) in [6.07, 6.45) is 11.6. The monoisotopic (exact) mass is 451 g/mol. The zero-order chi connectivity index (χ0) is 21.7. The second-order valence-electron chi connectivity index (χ2n) is 8.78. The molecule has 3 fully saturated rings. The van der Waals surface area contributed by atoms with E-state index in [0.29, 0.717) is 17.3 Å². The number of anilines is 1. The van der Waals surface area contributed by atoms with Crippen LogP contribution in [-0.4, -0.2) is 57.1 Å². The standard InChI is InChI=1S/C22H25N7O2S/c30-21-17(26-22(31)27-21)9-13-11-23-29-19(24-14-3-4-14)10-16(25-20(13)29)18-6-5-15(32-18)12-28-7-1-2-8-28/h5,9-11,14,18,24H,1-4,6-8,12H2,(H2,26,27,30,31)/b17-9-. The number of hydrogen-bond acceptors (Lipinski definition) is 7. The largest absolute Gasteiger partial charge is 0.367 e. The number of aromatic nitrogens is 3. The molecule has 3 aliphatic heterocycles. The molecule has 166 valence electrons. The molecule has 1 atom stereocenters. The average molecular weight is 452 g/mol. The minimum Gasteiger partial charge on any atom is -0.367 e. The van der Waals surface area contributed by atoms with Crippen molar-refractivity contribution in [3.63, 3.8) is 0 Å². The molecular weight excluding hydrogens is 426 g/mol. The van der Waals surface area contributed by atoms with Crippen molar-refractivity contribution < 1.29 is 9.59 Å². The second kappa shape index (κ2) is 7.93. The lowest BCUT2D eigenvalue weighted by molar-refractivity contribution is -0.115. The number of rotatable bonds is 6. The summed E-state index contributed by atoms with van der Waals surface area (Å²) in [7, 11) is 0. The molecule has 1 unspecified atom stereocenters. The smallest absolute Gasteiger partial charge is 0.326 e. The highest BCUT2D eigenvalue weighted by molar-refractivity contribution is 8.03. The lowest BCUT2D eigenvalue weighted by atomic mass is 10.2. The van der Waals surface area contributed by atoms with Gasteiger partial charge in [0.1, 0.15) is 11.5 Å². The Balaban J connectivity index is 1.31. The first kappa shape index (κ1) is 19.8. The van der Waals surface area contributed by atoms with E-state index >= 15 is 0 Å². The predicted octanol–water partition coefficient (Wildman–Crippen LogP) is 2.64. The minimum absolute atomic E-state index is 0.207. The van der Waals surface area contributed by atoms with Gasteiger partial charge < -0.3 is 10.6 Å². The molecule has 0 bridgehead atoms. The predicted molar refractivity (Wildman–Crippen MR) is 123 cm³/mol. The van der Waals surface area contributed by atoms with E-state index in [0.717, 1.165) is 37.3 Å². The lowest BCUT2D eigenvalue weighted by Crippen LogP contribution is -2.22. The fourth-order valence-electron chi connectivity index (χ4n) is 4.40. The van der Waals surface area contributed by atoms with E-state index in [1.807, 2.05) is 11.8 Å². The maximum atomic E-state index is 12.0. The molecular formula is C22H25N7O2S. The number of thioether (sulfide) groups is 1. The van der Waals surface area contributed by atoms with Gasteiger partial charge in [0.2, 0.25) is 0 Å². The molecule has 10 heteroatoms. The van der Waals surface area contributed by atoms with Gasteiger partial charge in [-0.25, -0.2) is 9.78 Å². The van der Waals surface area contributed by atoms with Gasteiger partial charge in [0.05, 0.1) is 17.1 Å². The third kappa shape index (κ3) is 3.88. The normalized spacial score (nSPS) is 24.9. The summed E-state index contributed by atoms with van der Waals surface area (Å²) < 4.78 is 1.79. The zero-order valence-corrected chi connectivity index (χ0v) is 18.5. The molecule has 4 aliphatic rings. The van der Waals surface area contributed by atoms with Crippen LogP contribution in [0.4, 0.5) is 10.6 Å². The van der Waals surface area contributed by atoms with E-state index in [1.165, 1.54) is 30.8 Å². The summed E-state index contributed by atoms with van der Waals surface area (Å²) >= 11 is 1.91.